The van der Waals surface area contributed by atoms with Crippen molar-refractivity contribution in [3.05, 3.63) is 30.3 Å². The van der Waals surface area contributed by atoms with Gasteiger partial charge in [0, 0.05) is 12.2 Å². The summed E-state index contributed by atoms with van der Waals surface area (Å²) in [5, 5.41) is 0. The Bertz CT molecular complexity index is 312. The van der Waals surface area contributed by atoms with E-state index in [1.54, 1.807) is 0 Å². The fourth-order valence-corrected chi connectivity index (χ4v) is 1.43. The van der Waals surface area contributed by atoms with Gasteiger partial charge in [0.25, 0.3) is 0 Å². The molecule has 0 bridgehead atoms. The number of nitrogens with two attached hydrogens (primary N) is 1. The van der Waals surface area contributed by atoms with Crippen LogP contribution in [0.5, 0.6) is 0 Å². The third-order valence-electron chi connectivity index (χ3n) is 2.04. The molecule has 0 aromatic heterocycles. The van der Waals surface area contributed by atoms with Crippen LogP contribution in [0.2, 0.25) is 0 Å². The molecule has 0 fully saturated rings. The molecule has 2 rings (SSSR count). The third kappa shape index (κ3) is 2.16. The molecule has 0 spiro atoms. The number of benzene rings is 1. The molecule has 4 nitrogen and oxygen atoms in total. The highest BCUT2D eigenvalue weighted by Crippen LogP contribution is 2.15. The standard InChI is InChI=1S/C9H12N4.HI/c10-12-9-11-6-7-13(9)8-4-2-1-3-5-8;/h1-5H,6-7,10H2,(H,11,12);1H. The molecule has 0 saturated heterocycles. The van der Waals surface area contributed by atoms with Crippen molar-refractivity contribution in [1.29, 1.82) is 0 Å². The van der Waals surface area contributed by atoms with Crippen LogP contribution in [0.15, 0.2) is 35.3 Å². The number of anilines is 1. The second-order valence-electron chi connectivity index (χ2n) is 2.84. The Balaban J connectivity index is 0.000000980. The minimum atomic E-state index is 0. The number of guanidine groups is 1. The van der Waals surface area contributed by atoms with Gasteiger partial charge in [-0.05, 0) is 12.1 Å². The molecule has 76 valence electrons. The van der Waals surface area contributed by atoms with Crippen molar-refractivity contribution < 1.29 is 0 Å². The maximum Gasteiger partial charge on any atom is 0.213 e. The number of hydrogen-bond acceptors (Lipinski definition) is 4. The second-order valence-corrected chi connectivity index (χ2v) is 2.84. The van der Waals surface area contributed by atoms with Crippen LogP contribution >= 0.6 is 24.0 Å². The Morgan fingerprint density at radius 1 is 1.29 bits per heavy atom. The molecule has 0 amide bonds. The first-order chi connectivity index (χ1) is 6.42. The van der Waals surface area contributed by atoms with Crippen LogP contribution in [0.25, 0.3) is 0 Å². The summed E-state index contributed by atoms with van der Waals surface area (Å²) in [5.41, 5.74) is 3.71. The lowest BCUT2D eigenvalue weighted by molar-refractivity contribution is 0.976. The Morgan fingerprint density at radius 3 is 2.64 bits per heavy atom. The van der Waals surface area contributed by atoms with E-state index < -0.39 is 0 Å². The highest BCUT2D eigenvalue weighted by Gasteiger charge is 2.16. The van der Waals surface area contributed by atoms with Gasteiger partial charge in [-0.2, -0.15) is 0 Å². The molecule has 1 aromatic carbocycles. The second kappa shape index (κ2) is 5.16. The van der Waals surface area contributed by atoms with Gasteiger partial charge < -0.3 is 4.90 Å². The minimum Gasteiger partial charge on any atom is -0.310 e. The van der Waals surface area contributed by atoms with Crippen molar-refractivity contribution in [3.63, 3.8) is 0 Å². The summed E-state index contributed by atoms with van der Waals surface area (Å²) in [7, 11) is 0. The molecular weight excluding hydrogens is 291 g/mol. The zero-order valence-electron chi connectivity index (χ0n) is 7.68. The maximum absolute atomic E-state index is 5.34. The number of rotatable bonds is 1. The number of nitrogens with zero attached hydrogens (tertiary/aromatic N) is 2. The van der Waals surface area contributed by atoms with Crippen LogP contribution in [0.4, 0.5) is 5.69 Å². The number of aliphatic imine (C=N–C) groups is 1. The molecule has 14 heavy (non-hydrogen) atoms. The van der Waals surface area contributed by atoms with Crippen molar-refractivity contribution in [2.24, 2.45) is 10.8 Å². The lowest BCUT2D eigenvalue weighted by atomic mass is 10.3. The molecule has 3 N–H and O–H groups in total. The first-order valence-corrected chi connectivity index (χ1v) is 4.25. The Labute approximate surface area is 100 Å². The molecule has 0 unspecified atom stereocenters. The number of halogens is 1. The number of para-hydroxylation sites is 1. The van der Waals surface area contributed by atoms with Crippen LogP contribution in [-0.2, 0) is 0 Å². The molecule has 0 aliphatic carbocycles. The molecule has 1 aromatic rings. The largest absolute Gasteiger partial charge is 0.310 e. The third-order valence-corrected chi connectivity index (χ3v) is 2.04. The van der Waals surface area contributed by atoms with Gasteiger partial charge in [0.1, 0.15) is 0 Å². The fourth-order valence-electron chi connectivity index (χ4n) is 1.43. The van der Waals surface area contributed by atoms with Gasteiger partial charge in [0.2, 0.25) is 5.96 Å². The number of nitrogens with one attached hydrogen (secondary N) is 1. The Morgan fingerprint density at radius 2 is 2.00 bits per heavy atom. The van der Waals surface area contributed by atoms with E-state index in [-0.39, 0.29) is 24.0 Å². The minimum absolute atomic E-state index is 0. The zero-order valence-corrected chi connectivity index (χ0v) is 10.0. The molecule has 0 radical (unpaired) electrons. The van der Waals surface area contributed by atoms with E-state index in [4.69, 9.17) is 5.84 Å². The summed E-state index contributed by atoms with van der Waals surface area (Å²) in [5.74, 6) is 6.08. The van der Waals surface area contributed by atoms with Gasteiger partial charge in [0.05, 0.1) is 6.54 Å². The molecular formula is C9H13IN4. The topological polar surface area (TPSA) is 53.6 Å². The van der Waals surface area contributed by atoms with E-state index in [0.717, 1.165) is 24.7 Å². The zero-order chi connectivity index (χ0) is 9.10. The van der Waals surface area contributed by atoms with Gasteiger partial charge in [-0.25, -0.2) is 10.8 Å². The lowest BCUT2D eigenvalue weighted by Crippen LogP contribution is -2.42. The van der Waals surface area contributed by atoms with Gasteiger partial charge >= 0.3 is 0 Å². The van der Waals surface area contributed by atoms with E-state index in [0.29, 0.717) is 0 Å². The van der Waals surface area contributed by atoms with Crippen LogP contribution in [0.3, 0.4) is 0 Å². The van der Waals surface area contributed by atoms with Crippen molar-refractivity contribution in [1.82, 2.24) is 5.43 Å². The summed E-state index contributed by atoms with van der Waals surface area (Å²) >= 11 is 0. The van der Waals surface area contributed by atoms with Crippen LogP contribution < -0.4 is 16.2 Å². The highest BCUT2D eigenvalue weighted by molar-refractivity contribution is 14.0. The highest BCUT2D eigenvalue weighted by atomic mass is 127. The van der Waals surface area contributed by atoms with Crippen molar-refractivity contribution in [2.75, 3.05) is 18.0 Å². The number of hydrogen-bond donors (Lipinski definition) is 2. The van der Waals surface area contributed by atoms with Crippen molar-refractivity contribution in [2.45, 2.75) is 0 Å². The fraction of sp³-hybridized carbons (Fsp3) is 0.222. The van der Waals surface area contributed by atoms with Gasteiger partial charge in [-0.15, -0.1) is 24.0 Å². The first kappa shape index (κ1) is 11.3. The molecule has 0 atom stereocenters. The summed E-state index contributed by atoms with van der Waals surface area (Å²) < 4.78 is 0. The van der Waals surface area contributed by atoms with E-state index in [9.17, 15) is 0 Å². The van der Waals surface area contributed by atoms with Gasteiger partial charge in [-0.3, -0.25) is 5.43 Å². The quantitative estimate of drug-likeness (QED) is 0.461. The van der Waals surface area contributed by atoms with E-state index in [2.05, 4.69) is 15.3 Å². The van der Waals surface area contributed by atoms with Crippen LogP contribution in [0, 0.1) is 0 Å². The maximum atomic E-state index is 5.34. The van der Waals surface area contributed by atoms with E-state index in [1.807, 2.05) is 30.3 Å². The smallest absolute Gasteiger partial charge is 0.213 e. The molecule has 0 saturated carbocycles. The predicted molar refractivity (Wildman–Crippen MR) is 68.8 cm³/mol. The average molecular weight is 304 g/mol. The Hall–Kier alpha value is -0.820. The summed E-state index contributed by atoms with van der Waals surface area (Å²) in [4.78, 5) is 6.27. The average Bonchev–Trinajstić information content (AvgIpc) is 2.67. The lowest BCUT2D eigenvalue weighted by Gasteiger charge is -2.19. The number of hydrazine groups is 1. The molecule has 1 aliphatic heterocycles. The first-order valence-electron chi connectivity index (χ1n) is 4.25. The summed E-state index contributed by atoms with van der Waals surface area (Å²) in [6, 6.07) is 10.1. The Kier molecular flexibility index (Phi) is 4.15. The van der Waals surface area contributed by atoms with E-state index >= 15 is 0 Å². The molecule has 1 aliphatic rings. The molecule has 1 heterocycles. The summed E-state index contributed by atoms with van der Waals surface area (Å²) in [6.45, 7) is 1.69. The van der Waals surface area contributed by atoms with Crippen LogP contribution in [-0.4, -0.2) is 19.0 Å². The van der Waals surface area contributed by atoms with Crippen LogP contribution in [0.1, 0.15) is 0 Å². The summed E-state index contributed by atoms with van der Waals surface area (Å²) in [6.07, 6.45) is 0. The van der Waals surface area contributed by atoms with E-state index in [1.165, 1.54) is 0 Å². The van der Waals surface area contributed by atoms with Crippen molar-refractivity contribution >= 4 is 35.6 Å². The van der Waals surface area contributed by atoms with Gasteiger partial charge in [0.15, 0.2) is 0 Å². The van der Waals surface area contributed by atoms with Crippen molar-refractivity contribution in [3.8, 4) is 0 Å². The normalized spacial score (nSPS) is 14.6. The predicted octanol–water partition coefficient (Wildman–Crippen LogP) is 0.944. The SMILES string of the molecule is I.NNC1=NCCN1c1ccccc1. The van der Waals surface area contributed by atoms with Gasteiger partial charge in [-0.1, -0.05) is 18.2 Å². The monoisotopic (exact) mass is 304 g/mol. The molecule has 5 heteroatoms.